The van der Waals surface area contributed by atoms with Gasteiger partial charge in [0.05, 0.1) is 0 Å². The monoisotopic (exact) mass is 208 g/mol. The van der Waals surface area contributed by atoms with E-state index in [1.807, 2.05) is 20.8 Å². The summed E-state index contributed by atoms with van der Waals surface area (Å²) in [7, 11) is 0. The largest absolute Gasteiger partial charge is 0.450 e. The van der Waals surface area contributed by atoms with Gasteiger partial charge in [0.25, 0.3) is 0 Å². The molecule has 0 aromatic carbocycles. The fraction of sp³-hybridized carbons (Fsp3) is 0.769. The highest BCUT2D eigenvalue weighted by atomic mass is 16.6. The molecule has 0 aliphatic heterocycles. The van der Waals surface area contributed by atoms with E-state index in [0.717, 1.165) is 0 Å². The van der Waals surface area contributed by atoms with Crippen molar-refractivity contribution in [3.63, 3.8) is 0 Å². The molecule has 0 radical (unpaired) electrons. The molecule has 0 heterocycles. The highest BCUT2D eigenvalue weighted by molar-refractivity contribution is 5.88. The van der Waals surface area contributed by atoms with Crippen LogP contribution >= 0.6 is 0 Å². The predicted molar refractivity (Wildman–Crippen MR) is 60.1 cm³/mol. The maximum atomic E-state index is 11.3. The Morgan fingerprint density at radius 3 is 2.40 bits per heavy atom. The van der Waals surface area contributed by atoms with E-state index < -0.39 is 11.6 Å². The fourth-order valence-corrected chi connectivity index (χ4v) is 1.53. The van der Waals surface area contributed by atoms with Crippen molar-refractivity contribution in [3.8, 4) is 11.8 Å². The molecule has 0 aromatic rings. The van der Waals surface area contributed by atoms with Crippen molar-refractivity contribution in [3.05, 3.63) is 0 Å². The zero-order chi connectivity index (χ0) is 11.5. The number of hydrogen-bond acceptors (Lipinski definition) is 2. The van der Waals surface area contributed by atoms with Gasteiger partial charge in [0.15, 0.2) is 0 Å². The molecular formula is C13H20O2. The average molecular weight is 208 g/mol. The van der Waals surface area contributed by atoms with Crippen molar-refractivity contribution in [1.82, 2.24) is 0 Å². The molecule has 0 saturated heterocycles. The van der Waals surface area contributed by atoms with E-state index in [1.165, 1.54) is 19.3 Å². The van der Waals surface area contributed by atoms with Crippen molar-refractivity contribution in [2.45, 2.75) is 52.6 Å². The third-order valence-corrected chi connectivity index (χ3v) is 2.66. The van der Waals surface area contributed by atoms with Gasteiger partial charge in [-0.1, -0.05) is 19.3 Å². The minimum absolute atomic E-state index is 0.325. The van der Waals surface area contributed by atoms with Crippen LogP contribution in [0.2, 0.25) is 0 Å². The highest BCUT2D eigenvalue weighted by Gasteiger charge is 2.22. The first-order valence-electron chi connectivity index (χ1n) is 5.63. The molecule has 1 rings (SSSR count). The molecule has 0 bridgehead atoms. The summed E-state index contributed by atoms with van der Waals surface area (Å²) < 4.78 is 5.11. The lowest BCUT2D eigenvalue weighted by Gasteiger charge is -2.28. The summed E-state index contributed by atoms with van der Waals surface area (Å²) in [6.45, 7) is 7.63. The SMILES string of the molecule is CC(C#CC(=O)OC(C)(C)C)C1CCC1. The van der Waals surface area contributed by atoms with E-state index in [4.69, 9.17) is 4.74 Å². The number of carbonyl (C=O) groups is 1. The van der Waals surface area contributed by atoms with Gasteiger partial charge in [-0.15, -0.1) is 0 Å². The molecule has 84 valence electrons. The highest BCUT2D eigenvalue weighted by Crippen LogP contribution is 2.32. The molecule has 0 spiro atoms. The zero-order valence-corrected chi connectivity index (χ0v) is 10.1. The fourth-order valence-electron chi connectivity index (χ4n) is 1.53. The second kappa shape index (κ2) is 4.70. The van der Waals surface area contributed by atoms with E-state index in [-0.39, 0.29) is 0 Å². The summed E-state index contributed by atoms with van der Waals surface area (Å²) in [5.41, 5.74) is -0.439. The second-order valence-corrected chi connectivity index (χ2v) is 5.25. The quantitative estimate of drug-likeness (QED) is 0.376. The Morgan fingerprint density at radius 2 is 2.00 bits per heavy atom. The molecule has 1 unspecified atom stereocenters. The van der Waals surface area contributed by atoms with E-state index >= 15 is 0 Å². The molecule has 1 aliphatic rings. The van der Waals surface area contributed by atoms with Crippen LogP contribution in [-0.4, -0.2) is 11.6 Å². The molecule has 0 N–H and O–H groups in total. The predicted octanol–water partition coefficient (Wildman–Crippen LogP) is 2.77. The van der Waals surface area contributed by atoms with Crippen LogP contribution in [0.15, 0.2) is 0 Å². The smallest absolute Gasteiger partial charge is 0.384 e. The summed E-state index contributed by atoms with van der Waals surface area (Å²) >= 11 is 0. The van der Waals surface area contributed by atoms with Crippen LogP contribution < -0.4 is 0 Å². The Hall–Kier alpha value is -0.970. The third-order valence-electron chi connectivity index (χ3n) is 2.66. The molecule has 1 fully saturated rings. The minimum Gasteiger partial charge on any atom is -0.450 e. The van der Waals surface area contributed by atoms with Crippen LogP contribution in [0.25, 0.3) is 0 Å². The van der Waals surface area contributed by atoms with Gasteiger partial charge >= 0.3 is 5.97 Å². The lowest BCUT2D eigenvalue weighted by molar-refractivity contribution is -0.147. The molecule has 0 aromatic heterocycles. The van der Waals surface area contributed by atoms with E-state index in [1.54, 1.807) is 0 Å². The molecule has 2 heteroatoms. The van der Waals surface area contributed by atoms with Crippen LogP contribution in [0.1, 0.15) is 47.0 Å². The first-order valence-corrected chi connectivity index (χ1v) is 5.63. The zero-order valence-electron chi connectivity index (χ0n) is 10.1. The van der Waals surface area contributed by atoms with Crippen molar-refractivity contribution in [1.29, 1.82) is 0 Å². The molecule has 1 atom stereocenters. The Kier molecular flexibility index (Phi) is 3.79. The molecule has 0 amide bonds. The van der Waals surface area contributed by atoms with Crippen molar-refractivity contribution in [2.75, 3.05) is 0 Å². The second-order valence-electron chi connectivity index (χ2n) is 5.25. The van der Waals surface area contributed by atoms with Gasteiger partial charge < -0.3 is 4.74 Å². The van der Waals surface area contributed by atoms with Crippen LogP contribution in [0, 0.1) is 23.7 Å². The van der Waals surface area contributed by atoms with Crippen molar-refractivity contribution >= 4 is 5.97 Å². The molecule has 2 nitrogen and oxygen atoms in total. The number of rotatable bonds is 1. The topological polar surface area (TPSA) is 26.3 Å². The molecule has 15 heavy (non-hydrogen) atoms. The Bertz CT molecular complexity index is 284. The van der Waals surface area contributed by atoms with Crippen LogP contribution in [0.4, 0.5) is 0 Å². The van der Waals surface area contributed by atoms with Crippen molar-refractivity contribution < 1.29 is 9.53 Å². The van der Waals surface area contributed by atoms with E-state index in [2.05, 4.69) is 18.8 Å². The molecule has 1 saturated carbocycles. The standard InChI is InChI=1S/C13H20O2/c1-10(11-6-5-7-11)8-9-12(14)15-13(2,3)4/h10-11H,5-7H2,1-4H3. The van der Waals surface area contributed by atoms with Crippen LogP contribution in [-0.2, 0) is 9.53 Å². The van der Waals surface area contributed by atoms with Crippen molar-refractivity contribution in [2.24, 2.45) is 11.8 Å². The number of carbonyl (C=O) groups excluding carboxylic acids is 1. The van der Waals surface area contributed by atoms with Gasteiger partial charge in [0.1, 0.15) is 5.60 Å². The third kappa shape index (κ3) is 4.38. The van der Waals surface area contributed by atoms with Gasteiger partial charge in [-0.2, -0.15) is 0 Å². The maximum absolute atomic E-state index is 11.3. The number of esters is 1. The summed E-state index contributed by atoms with van der Waals surface area (Å²) in [5.74, 6) is 6.17. The summed E-state index contributed by atoms with van der Waals surface area (Å²) in [6, 6.07) is 0. The van der Waals surface area contributed by atoms with Gasteiger partial charge in [0, 0.05) is 11.8 Å². The lowest BCUT2D eigenvalue weighted by atomic mass is 9.77. The van der Waals surface area contributed by atoms with Gasteiger partial charge in [0.2, 0.25) is 0 Å². The Balaban J connectivity index is 2.39. The van der Waals surface area contributed by atoms with Crippen LogP contribution in [0.5, 0.6) is 0 Å². The van der Waals surface area contributed by atoms with Gasteiger partial charge in [-0.25, -0.2) is 4.79 Å². The normalized spacial score (nSPS) is 18.4. The Labute approximate surface area is 92.4 Å². The van der Waals surface area contributed by atoms with E-state index in [9.17, 15) is 4.79 Å². The van der Waals surface area contributed by atoms with Gasteiger partial charge in [-0.05, 0) is 39.5 Å². The maximum Gasteiger partial charge on any atom is 0.384 e. The molecule has 1 aliphatic carbocycles. The first-order chi connectivity index (χ1) is 6.88. The lowest BCUT2D eigenvalue weighted by Crippen LogP contribution is -2.23. The van der Waals surface area contributed by atoms with E-state index in [0.29, 0.717) is 11.8 Å². The Morgan fingerprint density at radius 1 is 1.40 bits per heavy atom. The average Bonchev–Trinajstić information content (AvgIpc) is 1.94. The van der Waals surface area contributed by atoms with Gasteiger partial charge in [-0.3, -0.25) is 0 Å². The summed E-state index contributed by atoms with van der Waals surface area (Å²) in [4.78, 5) is 11.3. The first kappa shape index (κ1) is 12.1. The molecular weight excluding hydrogens is 188 g/mol. The summed E-state index contributed by atoms with van der Waals surface area (Å²) in [6.07, 6.45) is 3.82. The summed E-state index contributed by atoms with van der Waals surface area (Å²) in [5, 5.41) is 0. The number of hydrogen-bond donors (Lipinski definition) is 0. The van der Waals surface area contributed by atoms with Crippen LogP contribution in [0.3, 0.4) is 0 Å². The number of ether oxygens (including phenoxy) is 1. The minimum atomic E-state index is -0.439.